The number of amides is 2. The number of carbonyl (C=O) groups excluding carboxylic acids is 2. The van der Waals surface area contributed by atoms with Crippen molar-refractivity contribution in [2.75, 3.05) is 19.7 Å². The predicted octanol–water partition coefficient (Wildman–Crippen LogP) is 3.73. The van der Waals surface area contributed by atoms with Crippen LogP contribution in [0.15, 0.2) is 0 Å². The normalized spacial score (nSPS) is 12.4. The smallest absolute Gasteiger partial charge is 0.251 e. The zero-order valence-electron chi connectivity index (χ0n) is 25.2. The number of aliphatic hydroxyl groups is 4. The maximum Gasteiger partial charge on any atom is 0.251 e. The van der Waals surface area contributed by atoms with Gasteiger partial charge < -0.3 is 31.1 Å². The molecule has 0 aromatic heterocycles. The van der Waals surface area contributed by atoms with E-state index in [0.717, 1.165) is 57.9 Å². The second-order valence-corrected chi connectivity index (χ2v) is 10.1. The molecule has 8 nitrogen and oxygen atoms in total. The van der Waals surface area contributed by atoms with Crippen molar-refractivity contribution in [2.24, 2.45) is 0 Å². The molecule has 0 unspecified atom stereocenters. The molecule has 0 aromatic carbocycles. The molecule has 0 saturated carbocycles. The van der Waals surface area contributed by atoms with Crippen molar-refractivity contribution in [3.8, 4) is 0 Å². The average Bonchev–Trinajstić information content (AvgIpc) is 2.87. The second-order valence-electron chi connectivity index (χ2n) is 10.1. The van der Waals surface area contributed by atoms with Crippen molar-refractivity contribution in [2.45, 2.75) is 147 Å². The number of rotatable bonds is 26. The van der Waals surface area contributed by atoms with Crippen molar-refractivity contribution in [1.82, 2.24) is 10.6 Å². The summed E-state index contributed by atoms with van der Waals surface area (Å²) < 4.78 is 0. The summed E-state index contributed by atoms with van der Waals surface area (Å²) in [6, 6.07) is 0. The standard InChI is InChI=1S/C28H56N2O6.4Ac/c1-2-3-4-5-6-11-14-17-21-29-25(33)19-16-13-10-8-7-9-12-15-18-22-30-28(36)27(35)26(34)24(32)20-23-31;;;;/h24,26-27,31-32,34-35H,2-23H2,1H3,(H,29,33)(H,30,36);;;;/t24-,26+,27-;;;;/m1..../s1. The Morgan fingerprint density at radius 3 is 1.45 bits per heavy atom. The fraction of sp³-hybridized carbons (Fsp3) is 0.929. The van der Waals surface area contributed by atoms with Crippen molar-refractivity contribution in [1.29, 1.82) is 0 Å². The summed E-state index contributed by atoms with van der Waals surface area (Å²) in [6.45, 7) is 3.14. The molecule has 0 saturated heterocycles. The van der Waals surface area contributed by atoms with Gasteiger partial charge in [-0.15, -0.1) is 0 Å². The Hall–Kier alpha value is 4.55. The Balaban J connectivity index is -0.00000102. The van der Waals surface area contributed by atoms with Crippen molar-refractivity contribution >= 4 is 11.8 Å². The van der Waals surface area contributed by atoms with E-state index >= 15 is 0 Å². The maximum atomic E-state index is 11.9. The molecule has 6 N–H and O–H groups in total. The van der Waals surface area contributed by atoms with Gasteiger partial charge in [-0.05, 0) is 25.7 Å². The van der Waals surface area contributed by atoms with Gasteiger partial charge in [0, 0.05) is 202 Å². The van der Waals surface area contributed by atoms with Crippen LogP contribution in [0.3, 0.4) is 0 Å². The van der Waals surface area contributed by atoms with Gasteiger partial charge >= 0.3 is 0 Å². The van der Waals surface area contributed by atoms with Crippen LogP contribution in [-0.4, -0.2) is 70.2 Å². The molecular weight excluding hydrogens is 1370 g/mol. The summed E-state index contributed by atoms with van der Waals surface area (Å²) >= 11 is 0. The summed E-state index contributed by atoms with van der Waals surface area (Å²) in [5.41, 5.74) is 0. The topological polar surface area (TPSA) is 139 Å². The maximum absolute atomic E-state index is 11.9. The minimum absolute atomic E-state index is 0. The van der Waals surface area contributed by atoms with Gasteiger partial charge in [-0.25, -0.2) is 0 Å². The number of carbonyl (C=O) groups is 2. The van der Waals surface area contributed by atoms with E-state index in [0.29, 0.717) is 13.0 Å². The Morgan fingerprint density at radius 1 is 0.600 bits per heavy atom. The van der Waals surface area contributed by atoms with E-state index < -0.39 is 24.2 Å². The first-order valence-corrected chi connectivity index (χ1v) is 14.6. The van der Waals surface area contributed by atoms with Gasteiger partial charge in [0.15, 0.2) is 6.10 Å². The van der Waals surface area contributed by atoms with Crippen molar-refractivity contribution in [3.05, 3.63) is 0 Å². The minimum atomic E-state index is -1.70. The summed E-state index contributed by atoms with van der Waals surface area (Å²) in [7, 11) is 0. The van der Waals surface area contributed by atoms with Gasteiger partial charge in [0.1, 0.15) is 6.10 Å². The van der Waals surface area contributed by atoms with Crippen LogP contribution in [0.1, 0.15) is 129 Å². The summed E-state index contributed by atoms with van der Waals surface area (Å²) in [6.07, 6.45) is 15.7. The third-order valence-electron chi connectivity index (χ3n) is 6.64. The zero-order chi connectivity index (χ0) is 26.9. The Bertz CT molecular complexity index is 539. The van der Waals surface area contributed by atoms with Crippen molar-refractivity contribution < 1.29 is 206 Å². The Labute approximate surface area is 387 Å². The molecule has 2 amide bonds. The van der Waals surface area contributed by atoms with Gasteiger partial charge in [0.2, 0.25) is 5.91 Å². The van der Waals surface area contributed by atoms with E-state index in [1.807, 2.05) is 0 Å². The van der Waals surface area contributed by atoms with E-state index in [9.17, 15) is 24.9 Å². The van der Waals surface area contributed by atoms with Crippen LogP contribution >= 0.6 is 0 Å². The predicted molar refractivity (Wildman–Crippen MR) is 145 cm³/mol. The quantitative estimate of drug-likeness (QED) is 0.0732. The molecule has 0 aromatic rings. The molecule has 0 bridgehead atoms. The third kappa shape index (κ3) is 35.4. The van der Waals surface area contributed by atoms with Crippen LogP contribution in [0, 0.1) is 176 Å². The molecule has 0 spiro atoms. The molecule has 0 aliphatic carbocycles. The number of aliphatic hydroxyl groups excluding tert-OH is 4. The molecule has 40 heavy (non-hydrogen) atoms. The van der Waals surface area contributed by atoms with E-state index in [4.69, 9.17) is 5.11 Å². The molecular formula is C28H56Ac4N2O6. The molecule has 12 heteroatoms. The number of hydrogen-bond acceptors (Lipinski definition) is 6. The molecule has 4 radical (unpaired) electrons. The van der Waals surface area contributed by atoms with Gasteiger partial charge in [-0.2, -0.15) is 0 Å². The Morgan fingerprint density at radius 2 is 1.00 bits per heavy atom. The first-order valence-electron chi connectivity index (χ1n) is 14.6. The minimum Gasteiger partial charge on any atom is -0.396 e. The first-order chi connectivity index (χ1) is 17.4. The molecule has 0 heterocycles. The van der Waals surface area contributed by atoms with E-state index in [1.165, 1.54) is 57.8 Å². The summed E-state index contributed by atoms with van der Waals surface area (Å²) in [5, 5.41) is 43.3. The third-order valence-corrected chi connectivity index (χ3v) is 6.64. The van der Waals surface area contributed by atoms with Crippen LogP contribution in [0.2, 0.25) is 0 Å². The van der Waals surface area contributed by atoms with Crippen LogP contribution < -0.4 is 10.6 Å². The zero-order valence-corrected chi connectivity index (χ0v) is 44.2. The van der Waals surface area contributed by atoms with Gasteiger partial charge in [-0.1, -0.05) is 96.8 Å². The summed E-state index contributed by atoms with van der Waals surface area (Å²) in [4.78, 5) is 23.7. The molecule has 0 fully saturated rings. The van der Waals surface area contributed by atoms with Crippen LogP contribution in [0.4, 0.5) is 0 Å². The Kier molecular flexibility index (Phi) is 56.1. The fourth-order valence-electron chi connectivity index (χ4n) is 4.21. The average molecular weight is 1420 g/mol. The van der Waals surface area contributed by atoms with Gasteiger partial charge in [0.05, 0.1) is 6.10 Å². The van der Waals surface area contributed by atoms with Gasteiger partial charge in [-0.3, -0.25) is 9.59 Å². The largest absolute Gasteiger partial charge is 0.396 e. The van der Waals surface area contributed by atoms with E-state index in [1.54, 1.807) is 0 Å². The first kappa shape index (κ1) is 54.0. The van der Waals surface area contributed by atoms with E-state index in [2.05, 4.69) is 17.6 Å². The second kappa shape index (κ2) is 41.6. The van der Waals surface area contributed by atoms with Crippen molar-refractivity contribution in [3.63, 3.8) is 0 Å². The summed E-state index contributed by atoms with van der Waals surface area (Å²) in [5.74, 6) is -0.519. The monoisotopic (exact) mass is 1420 g/mol. The fourth-order valence-corrected chi connectivity index (χ4v) is 4.21. The van der Waals surface area contributed by atoms with Gasteiger partial charge in [0.25, 0.3) is 5.91 Å². The molecule has 0 aliphatic rings. The molecule has 226 valence electrons. The number of hydrogen-bond donors (Lipinski definition) is 6. The van der Waals surface area contributed by atoms with E-state index in [-0.39, 0.29) is 195 Å². The SMILES string of the molecule is CCCCCCCCCCNC(=O)CCCCCCCCCCCNC(=O)[C@H](O)[C@@H](O)[C@H](O)CCO.[Ac].[Ac].[Ac].[Ac]. The van der Waals surface area contributed by atoms with Crippen LogP contribution in [0.5, 0.6) is 0 Å². The number of unbranched alkanes of at least 4 members (excludes halogenated alkanes) is 15. The molecule has 3 atom stereocenters. The molecule has 0 aliphatic heterocycles. The van der Waals surface area contributed by atoms with Crippen LogP contribution in [-0.2, 0) is 9.59 Å². The van der Waals surface area contributed by atoms with Crippen LogP contribution in [0.25, 0.3) is 0 Å². The number of nitrogens with one attached hydrogen (secondary N) is 2. The molecule has 0 rings (SSSR count).